The van der Waals surface area contributed by atoms with Crippen molar-refractivity contribution in [2.45, 2.75) is 20.4 Å². The number of ether oxygens (including phenoxy) is 2. The number of nitrogens with zero attached hydrogens (tertiary/aromatic N) is 2. The van der Waals surface area contributed by atoms with Crippen LogP contribution in [0, 0.1) is 6.92 Å². The second-order valence-corrected chi connectivity index (χ2v) is 7.38. The smallest absolute Gasteiger partial charge is 0.238 e. The lowest BCUT2D eigenvalue weighted by Crippen LogP contribution is -2.48. The van der Waals surface area contributed by atoms with Gasteiger partial charge in [-0.25, -0.2) is 0 Å². The molecular weight excluding hydrogens is 366 g/mol. The summed E-state index contributed by atoms with van der Waals surface area (Å²) in [6, 6.07) is 14.1. The first-order valence-corrected chi connectivity index (χ1v) is 10.2. The topological polar surface area (TPSA) is 54.0 Å². The molecule has 0 saturated carbocycles. The fourth-order valence-electron chi connectivity index (χ4n) is 3.53. The summed E-state index contributed by atoms with van der Waals surface area (Å²) >= 11 is 0. The molecule has 2 aromatic carbocycles. The monoisotopic (exact) mass is 397 g/mol. The molecular formula is C23H31N3O3. The normalized spacial score (nSPS) is 15.1. The van der Waals surface area contributed by atoms with Crippen LogP contribution < -0.4 is 14.8 Å². The molecule has 1 aliphatic rings. The zero-order chi connectivity index (χ0) is 20.6. The number of methoxy groups -OCH3 is 1. The first kappa shape index (κ1) is 21.1. The van der Waals surface area contributed by atoms with Crippen molar-refractivity contribution in [3.8, 4) is 11.5 Å². The summed E-state index contributed by atoms with van der Waals surface area (Å²) in [5.41, 5.74) is 3.10. The number of aryl methyl sites for hydroxylation is 1. The van der Waals surface area contributed by atoms with Crippen LogP contribution in [0.5, 0.6) is 11.5 Å². The predicted molar refractivity (Wildman–Crippen MR) is 116 cm³/mol. The molecule has 1 saturated heterocycles. The van der Waals surface area contributed by atoms with Gasteiger partial charge in [-0.3, -0.25) is 14.6 Å². The maximum absolute atomic E-state index is 12.5. The highest BCUT2D eigenvalue weighted by molar-refractivity contribution is 5.93. The molecule has 0 radical (unpaired) electrons. The van der Waals surface area contributed by atoms with E-state index in [4.69, 9.17) is 9.47 Å². The average molecular weight is 398 g/mol. The van der Waals surface area contributed by atoms with Gasteiger partial charge in [0.2, 0.25) is 5.91 Å². The molecule has 2 aromatic rings. The molecule has 0 bridgehead atoms. The molecule has 0 aromatic heterocycles. The number of nitrogens with one attached hydrogen (secondary N) is 1. The predicted octanol–water partition coefficient (Wildman–Crippen LogP) is 3.16. The number of benzene rings is 2. The highest BCUT2D eigenvalue weighted by atomic mass is 16.5. The maximum atomic E-state index is 12.5. The number of hydrogen-bond acceptors (Lipinski definition) is 5. The van der Waals surface area contributed by atoms with E-state index < -0.39 is 0 Å². The Labute approximate surface area is 173 Å². The van der Waals surface area contributed by atoms with E-state index in [9.17, 15) is 4.79 Å². The van der Waals surface area contributed by atoms with Crippen molar-refractivity contribution < 1.29 is 14.3 Å². The van der Waals surface area contributed by atoms with Gasteiger partial charge in [0.15, 0.2) is 0 Å². The minimum absolute atomic E-state index is 0.00568. The lowest BCUT2D eigenvalue weighted by Gasteiger charge is -2.34. The van der Waals surface area contributed by atoms with E-state index >= 15 is 0 Å². The van der Waals surface area contributed by atoms with Crippen LogP contribution in [0.15, 0.2) is 42.5 Å². The largest absolute Gasteiger partial charge is 0.495 e. The number of anilines is 1. The zero-order valence-electron chi connectivity index (χ0n) is 17.6. The number of rotatable bonds is 8. The lowest BCUT2D eigenvalue weighted by molar-refractivity contribution is -0.117. The van der Waals surface area contributed by atoms with E-state index in [1.54, 1.807) is 7.11 Å². The molecule has 6 nitrogen and oxygen atoms in total. The van der Waals surface area contributed by atoms with E-state index in [0.29, 0.717) is 18.9 Å². The third kappa shape index (κ3) is 6.21. The Bertz CT molecular complexity index is 800. The Morgan fingerprint density at radius 3 is 2.38 bits per heavy atom. The van der Waals surface area contributed by atoms with Gasteiger partial charge in [0.1, 0.15) is 11.5 Å². The zero-order valence-corrected chi connectivity index (χ0v) is 17.6. The number of carbonyl (C=O) groups excluding carboxylic acids is 1. The molecule has 0 unspecified atom stereocenters. The Balaban J connectivity index is 1.44. The Kier molecular flexibility index (Phi) is 7.49. The summed E-state index contributed by atoms with van der Waals surface area (Å²) in [7, 11) is 1.61. The van der Waals surface area contributed by atoms with Gasteiger partial charge in [-0.05, 0) is 49.2 Å². The SMILES string of the molecule is CCOc1ccc(CN2CCN(CC(=O)Nc3cc(C)ccc3OC)CC2)cc1. The highest BCUT2D eigenvalue weighted by Gasteiger charge is 2.19. The number of hydrogen-bond donors (Lipinski definition) is 1. The minimum Gasteiger partial charge on any atom is -0.495 e. The molecule has 1 amide bonds. The van der Waals surface area contributed by atoms with Crippen LogP contribution in [-0.4, -0.2) is 62.1 Å². The Morgan fingerprint density at radius 1 is 1.03 bits per heavy atom. The standard InChI is InChI=1S/C23H31N3O3/c1-4-29-20-8-6-19(7-9-20)16-25-11-13-26(14-12-25)17-23(27)24-21-15-18(2)5-10-22(21)28-3/h5-10,15H,4,11-14,16-17H2,1-3H3,(H,24,27). The van der Waals surface area contributed by atoms with Crippen LogP contribution in [0.4, 0.5) is 5.69 Å². The summed E-state index contributed by atoms with van der Waals surface area (Å²) in [5, 5.41) is 2.99. The van der Waals surface area contributed by atoms with Crippen LogP contribution in [0.1, 0.15) is 18.1 Å². The van der Waals surface area contributed by atoms with Gasteiger partial charge in [0.25, 0.3) is 0 Å². The number of piperazine rings is 1. The van der Waals surface area contributed by atoms with Crippen molar-refractivity contribution in [1.82, 2.24) is 9.80 Å². The quantitative estimate of drug-likeness (QED) is 0.742. The summed E-state index contributed by atoms with van der Waals surface area (Å²) in [6.07, 6.45) is 0. The third-order valence-electron chi connectivity index (χ3n) is 5.10. The maximum Gasteiger partial charge on any atom is 0.238 e. The van der Waals surface area contributed by atoms with Crippen LogP contribution >= 0.6 is 0 Å². The van der Waals surface area contributed by atoms with Crippen LogP contribution in [-0.2, 0) is 11.3 Å². The van der Waals surface area contributed by atoms with Crippen molar-refractivity contribution in [1.29, 1.82) is 0 Å². The Morgan fingerprint density at radius 2 is 1.72 bits per heavy atom. The molecule has 29 heavy (non-hydrogen) atoms. The van der Waals surface area contributed by atoms with Crippen molar-refractivity contribution in [3.63, 3.8) is 0 Å². The molecule has 0 aliphatic carbocycles. The van der Waals surface area contributed by atoms with Crippen molar-refractivity contribution in [3.05, 3.63) is 53.6 Å². The second kappa shape index (κ2) is 10.3. The first-order valence-electron chi connectivity index (χ1n) is 10.2. The van der Waals surface area contributed by atoms with E-state index in [2.05, 4.69) is 27.2 Å². The average Bonchev–Trinajstić information content (AvgIpc) is 2.71. The third-order valence-corrected chi connectivity index (χ3v) is 5.10. The summed E-state index contributed by atoms with van der Waals surface area (Å²) in [5.74, 6) is 1.59. The molecule has 1 aliphatic heterocycles. The Hall–Kier alpha value is -2.57. The second-order valence-electron chi connectivity index (χ2n) is 7.38. The lowest BCUT2D eigenvalue weighted by atomic mass is 10.2. The molecule has 1 heterocycles. The van der Waals surface area contributed by atoms with Gasteiger partial charge in [0, 0.05) is 32.7 Å². The molecule has 3 rings (SSSR count). The molecule has 0 atom stereocenters. The molecule has 156 valence electrons. The number of amides is 1. The summed E-state index contributed by atoms with van der Waals surface area (Å²) in [4.78, 5) is 17.1. The van der Waals surface area contributed by atoms with Gasteiger partial charge < -0.3 is 14.8 Å². The summed E-state index contributed by atoms with van der Waals surface area (Å²) in [6.45, 7) is 9.67. The minimum atomic E-state index is -0.00568. The van der Waals surface area contributed by atoms with Crippen LogP contribution in [0.25, 0.3) is 0 Å². The summed E-state index contributed by atoms with van der Waals surface area (Å²) < 4.78 is 10.8. The van der Waals surface area contributed by atoms with Gasteiger partial charge in [-0.15, -0.1) is 0 Å². The van der Waals surface area contributed by atoms with E-state index in [1.165, 1.54) is 5.56 Å². The number of carbonyl (C=O) groups is 1. The van der Waals surface area contributed by atoms with Crippen LogP contribution in [0.3, 0.4) is 0 Å². The van der Waals surface area contributed by atoms with Crippen molar-refractivity contribution in [2.75, 3.05) is 51.8 Å². The van der Waals surface area contributed by atoms with E-state index in [-0.39, 0.29) is 5.91 Å². The molecule has 1 fully saturated rings. The van der Waals surface area contributed by atoms with E-state index in [1.807, 2.05) is 44.2 Å². The van der Waals surface area contributed by atoms with E-state index in [0.717, 1.165) is 49.7 Å². The molecule has 0 spiro atoms. The molecule has 1 N–H and O–H groups in total. The molecule has 6 heteroatoms. The first-order chi connectivity index (χ1) is 14.1. The van der Waals surface area contributed by atoms with Crippen molar-refractivity contribution >= 4 is 11.6 Å². The van der Waals surface area contributed by atoms with Gasteiger partial charge in [-0.1, -0.05) is 18.2 Å². The van der Waals surface area contributed by atoms with Crippen LogP contribution in [0.2, 0.25) is 0 Å². The fraction of sp³-hybridized carbons (Fsp3) is 0.435. The highest BCUT2D eigenvalue weighted by Crippen LogP contribution is 2.25. The van der Waals surface area contributed by atoms with Crippen molar-refractivity contribution in [2.24, 2.45) is 0 Å². The van der Waals surface area contributed by atoms with Gasteiger partial charge in [-0.2, -0.15) is 0 Å². The van der Waals surface area contributed by atoms with Gasteiger partial charge in [0.05, 0.1) is 25.9 Å². The van der Waals surface area contributed by atoms with Gasteiger partial charge >= 0.3 is 0 Å². The fourth-order valence-corrected chi connectivity index (χ4v) is 3.53.